The number of phenols is 1. The van der Waals surface area contributed by atoms with Gasteiger partial charge in [-0.25, -0.2) is 0 Å². The third kappa shape index (κ3) is 3.44. The van der Waals surface area contributed by atoms with E-state index in [1.807, 2.05) is 24.3 Å². The Hall–Kier alpha value is -1.07. The molecule has 0 fully saturated rings. The van der Waals surface area contributed by atoms with Gasteiger partial charge in [0.05, 0.1) is 9.26 Å². The Morgan fingerprint density at radius 1 is 1.12 bits per heavy atom. The zero-order chi connectivity index (χ0) is 12.3. The lowest BCUT2D eigenvalue weighted by Gasteiger charge is -1.98. The van der Waals surface area contributed by atoms with Crippen molar-refractivity contribution in [3.05, 3.63) is 56.6 Å². The van der Waals surface area contributed by atoms with Crippen molar-refractivity contribution < 1.29 is 5.11 Å². The van der Waals surface area contributed by atoms with Crippen LogP contribution in [0.3, 0.4) is 0 Å². The van der Waals surface area contributed by atoms with Crippen LogP contribution in [0.15, 0.2) is 47.5 Å². The highest BCUT2D eigenvalue weighted by atomic mass is 127. The summed E-state index contributed by atoms with van der Waals surface area (Å²) in [6.07, 6.45) is 1.75. The maximum absolute atomic E-state index is 9.39. The summed E-state index contributed by atoms with van der Waals surface area (Å²) < 4.78 is 0.808. The molecule has 86 valence electrons. The number of nitrogens with zero attached hydrogens (tertiary/aromatic N) is 1. The summed E-state index contributed by atoms with van der Waals surface area (Å²) in [5.41, 5.74) is 1.79. The van der Waals surface area contributed by atoms with Gasteiger partial charge in [-0.1, -0.05) is 11.6 Å². The summed E-state index contributed by atoms with van der Waals surface area (Å²) in [6.45, 7) is 0. The smallest absolute Gasteiger partial charge is 0.128 e. The summed E-state index contributed by atoms with van der Waals surface area (Å²) >= 11 is 7.87. The lowest BCUT2D eigenvalue weighted by molar-refractivity contribution is 0.471. The second-order valence-corrected chi connectivity index (χ2v) is 5.04. The van der Waals surface area contributed by atoms with Crippen molar-refractivity contribution in [2.45, 2.75) is 0 Å². The molecule has 17 heavy (non-hydrogen) atoms. The Bertz CT molecular complexity index is 552. The van der Waals surface area contributed by atoms with Crippen molar-refractivity contribution in [3.8, 4) is 5.75 Å². The molecule has 2 aromatic rings. The van der Waals surface area contributed by atoms with E-state index in [1.165, 1.54) is 0 Å². The van der Waals surface area contributed by atoms with Crippen LogP contribution in [0.4, 0.5) is 5.69 Å². The average Bonchev–Trinajstić information content (AvgIpc) is 2.33. The van der Waals surface area contributed by atoms with Gasteiger partial charge in [-0.2, -0.15) is 0 Å². The van der Waals surface area contributed by atoms with Crippen molar-refractivity contribution in [3.63, 3.8) is 0 Å². The predicted molar refractivity (Wildman–Crippen MR) is 79.5 cm³/mol. The molecule has 0 heterocycles. The minimum atomic E-state index is 0.286. The zero-order valence-electron chi connectivity index (χ0n) is 8.77. The van der Waals surface area contributed by atoms with Crippen LogP contribution in [-0.4, -0.2) is 11.3 Å². The largest absolute Gasteiger partial charge is 0.507 e. The zero-order valence-corrected chi connectivity index (χ0v) is 11.7. The molecule has 0 aliphatic heterocycles. The number of aliphatic imine (C=N–C) groups is 1. The SMILES string of the molecule is Oc1ccc(C=Nc2ccc(Cl)cc2)cc1I. The van der Waals surface area contributed by atoms with Gasteiger partial charge >= 0.3 is 0 Å². The second kappa shape index (κ2) is 5.51. The molecule has 0 atom stereocenters. The molecule has 0 aliphatic carbocycles. The van der Waals surface area contributed by atoms with Gasteiger partial charge in [-0.3, -0.25) is 4.99 Å². The fourth-order valence-corrected chi connectivity index (χ4v) is 1.95. The number of rotatable bonds is 2. The van der Waals surface area contributed by atoms with E-state index < -0.39 is 0 Å². The van der Waals surface area contributed by atoms with Gasteiger partial charge < -0.3 is 5.11 Å². The summed E-state index contributed by atoms with van der Waals surface area (Å²) in [7, 11) is 0. The molecular formula is C13H9ClINO. The van der Waals surface area contributed by atoms with Crippen LogP contribution in [0.25, 0.3) is 0 Å². The van der Waals surface area contributed by atoms with Crippen LogP contribution in [0.2, 0.25) is 5.02 Å². The maximum Gasteiger partial charge on any atom is 0.128 e. The van der Waals surface area contributed by atoms with E-state index in [0.29, 0.717) is 5.02 Å². The average molecular weight is 358 g/mol. The van der Waals surface area contributed by atoms with E-state index in [2.05, 4.69) is 27.6 Å². The van der Waals surface area contributed by atoms with Crippen LogP contribution >= 0.6 is 34.2 Å². The quantitative estimate of drug-likeness (QED) is 0.627. The maximum atomic E-state index is 9.39. The fraction of sp³-hybridized carbons (Fsp3) is 0. The lowest BCUT2D eigenvalue weighted by atomic mass is 10.2. The molecule has 0 radical (unpaired) electrons. The monoisotopic (exact) mass is 357 g/mol. The molecule has 0 amide bonds. The van der Waals surface area contributed by atoms with Crippen LogP contribution in [0, 0.1) is 3.57 Å². The minimum Gasteiger partial charge on any atom is -0.507 e. The van der Waals surface area contributed by atoms with Crippen molar-refractivity contribution in [1.29, 1.82) is 0 Å². The van der Waals surface area contributed by atoms with E-state index >= 15 is 0 Å². The standard InChI is InChI=1S/C13H9ClINO/c14-10-2-4-11(5-3-10)16-8-9-1-6-13(17)12(15)7-9/h1-8,17H. The fourth-order valence-electron chi connectivity index (χ4n) is 1.28. The Morgan fingerprint density at radius 3 is 2.47 bits per heavy atom. The van der Waals surface area contributed by atoms with Crippen molar-refractivity contribution in [1.82, 2.24) is 0 Å². The van der Waals surface area contributed by atoms with E-state index in [4.69, 9.17) is 11.6 Å². The number of hydrogen-bond donors (Lipinski definition) is 1. The van der Waals surface area contributed by atoms with Gasteiger partial charge in [0.1, 0.15) is 5.75 Å². The van der Waals surface area contributed by atoms with Crippen LogP contribution in [0.1, 0.15) is 5.56 Å². The van der Waals surface area contributed by atoms with Crippen molar-refractivity contribution in [2.75, 3.05) is 0 Å². The second-order valence-electron chi connectivity index (χ2n) is 3.45. The molecule has 2 nitrogen and oxygen atoms in total. The van der Waals surface area contributed by atoms with Crippen LogP contribution in [-0.2, 0) is 0 Å². The van der Waals surface area contributed by atoms with E-state index in [9.17, 15) is 5.11 Å². The normalized spacial score (nSPS) is 10.9. The first-order chi connectivity index (χ1) is 8.15. The molecule has 0 spiro atoms. The summed E-state index contributed by atoms with van der Waals surface area (Å²) in [6, 6.07) is 12.6. The van der Waals surface area contributed by atoms with Crippen LogP contribution in [0.5, 0.6) is 5.75 Å². The molecule has 0 aromatic heterocycles. The molecule has 2 aromatic carbocycles. The van der Waals surface area contributed by atoms with Gasteiger partial charge in [0, 0.05) is 11.2 Å². The third-order valence-electron chi connectivity index (χ3n) is 2.16. The molecule has 0 unspecified atom stereocenters. The number of halogens is 2. The first-order valence-corrected chi connectivity index (χ1v) is 6.39. The number of aromatic hydroxyl groups is 1. The number of hydrogen-bond acceptors (Lipinski definition) is 2. The predicted octanol–water partition coefficient (Wildman–Crippen LogP) is 4.40. The molecule has 0 saturated carbocycles. The molecule has 2 rings (SSSR count). The topological polar surface area (TPSA) is 32.6 Å². The first-order valence-electron chi connectivity index (χ1n) is 4.93. The molecule has 1 N–H and O–H groups in total. The van der Waals surface area contributed by atoms with Crippen molar-refractivity contribution >= 4 is 46.1 Å². The van der Waals surface area contributed by atoms with Crippen LogP contribution < -0.4 is 0 Å². The van der Waals surface area contributed by atoms with E-state index in [0.717, 1.165) is 14.8 Å². The summed E-state index contributed by atoms with van der Waals surface area (Å²) in [5.74, 6) is 0.286. The Morgan fingerprint density at radius 2 is 1.82 bits per heavy atom. The van der Waals surface area contributed by atoms with E-state index in [-0.39, 0.29) is 5.75 Å². The van der Waals surface area contributed by atoms with Gasteiger partial charge in [0.25, 0.3) is 0 Å². The number of benzene rings is 2. The van der Waals surface area contributed by atoms with Gasteiger partial charge in [0.15, 0.2) is 0 Å². The molecule has 4 heteroatoms. The molecule has 0 bridgehead atoms. The first kappa shape index (κ1) is 12.4. The Labute approximate surface area is 118 Å². The van der Waals surface area contributed by atoms with Crippen molar-refractivity contribution in [2.24, 2.45) is 4.99 Å². The van der Waals surface area contributed by atoms with Gasteiger partial charge in [-0.15, -0.1) is 0 Å². The molecular weight excluding hydrogens is 349 g/mol. The minimum absolute atomic E-state index is 0.286. The highest BCUT2D eigenvalue weighted by molar-refractivity contribution is 14.1. The highest BCUT2D eigenvalue weighted by Crippen LogP contribution is 2.20. The highest BCUT2D eigenvalue weighted by Gasteiger charge is 1.97. The lowest BCUT2D eigenvalue weighted by Crippen LogP contribution is -1.82. The van der Waals surface area contributed by atoms with E-state index in [1.54, 1.807) is 24.4 Å². The van der Waals surface area contributed by atoms with Gasteiger partial charge in [-0.05, 0) is 70.6 Å². The Balaban J connectivity index is 2.20. The molecule has 0 saturated heterocycles. The number of phenolic OH excluding ortho intramolecular Hbond substituents is 1. The Kier molecular flexibility index (Phi) is 4.02. The molecule has 0 aliphatic rings. The third-order valence-corrected chi connectivity index (χ3v) is 3.28. The summed E-state index contributed by atoms with van der Waals surface area (Å²) in [4.78, 5) is 4.32. The van der Waals surface area contributed by atoms with Gasteiger partial charge in [0.2, 0.25) is 0 Å². The summed E-state index contributed by atoms with van der Waals surface area (Å²) in [5, 5.41) is 10.1.